The lowest BCUT2D eigenvalue weighted by Gasteiger charge is -2.28. The van der Waals surface area contributed by atoms with Crippen LogP contribution in [0.2, 0.25) is 0 Å². The van der Waals surface area contributed by atoms with E-state index in [1.54, 1.807) is 31.3 Å². The van der Waals surface area contributed by atoms with Crippen LogP contribution in [0.1, 0.15) is 24.2 Å². The van der Waals surface area contributed by atoms with Crippen molar-refractivity contribution in [3.8, 4) is 5.75 Å². The summed E-state index contributed by atoms with van der Waals surface area (Å²) in [6, 6.07) is 4.68. The summed E-state index contributed by atoms with van der Waals surface area (Å²) in [5.41, 5.74) is 0.257. The van der Waals surface area contributed by atoms with Crippen LogP contribution >= 0.6 is 0 Å². The van der Waals surface area contributed by atoms with E-state index in [1.165, 1.54) is 4.90 Å². The molecule has 0 aliphatic carbocycles. The summed E-state index contributed by atoms with van der Waals surface area (Å²) in [7, 11) is 1.63. The standard InChI is InChI=1S/C18H25N3O5/c1-11(2)15-18(25)21(3)8-9-26-14-7-5-4-6-12(14)16(23)19-13(10-22)17(24)20-15/h4-7,11,13,15,22H,8-10H2,1-3H3,(H,19,23)(H,20,24)/t13-,15+/m0/s1. The van der Waals surface area contributed by atoms with Crippen molar-refractivity contribution in [3.05, 3.63) is 29.8 Å². The van der Waals surface area contributed by atoms with E-state index in [-0.39, 0.29) is 24.0 Å². The van der Waals surface area contributed by atoms with Crippen LogP contribution in [-0.2, 0) is 9.59 Å². The van der Waals surface area contributed by atoms with Crippen molar-refractivity contribution >= 4 is 17.7 Å². The molecular weight excluding hydrogens is 338 g/mol. The summed E-state index contributed by atoms with van der Waals surface area (Å²) in [6.07, 6.45) is 0. The molecule has 1 aliphatic rings. The van der Waals surface area contributed by atoms with Gasteiger partial charge in [0.25, 0.3) is 5.91 Å². The van der Waals surface area contributed by atoms with Gasteiger partial charge in [-0.3, -0.25) is 14.4 Å². The van der Waals surface area contributed by atoms with Gasteiger partial charge in [0.05, 0.1) is 18.7 Å². The van der Waals surface area contributed by atoms with E-state index in [0.29, 0.717) is 12.3 Å². The van der Waals surface area contributed by atoms with Gasteiger partial charge in [-0.2, -0.15) is 0 Å². The Morgan fingerprint density at radius 2 is 1.92 bits per heavy atom. The number of carbonyl (C=O) groups is 3. The highest BCUT2D eigenvalue weighted by molar-refractivity contribution is 6.00. The van der Waals surface area contributed by atoms with E-state index in [2.05, 4.69) is 10.6 Å². The van der Waals surface area contributed by atoms with Crippen molar-refractivity contribution in [1.29, 1.82) is 0 Å². The number of hydrogen-bond donors (Lipinski definition) is 3. The molecule has 1 heterocycles. The minimum Gasteiger partial charge on any atom is -0.491 e. The molecule has 1 aromatic carbocycles. The molecule has 26 heavy (non-hydrogen) atoms. The zero-order valence-electron chi connectivity index (χ0n) is 15.2. The number of benzene rings is 1. The first-order valence-corrected chi connectivity index (χ1v) is 8.54. The zero-order valence-corrected chi connectivity index (χ0v) is 15.2. The van der Waals surface area contributed by atoms with Gasteiger partial charge >= 0.3 is 0 Å². The van der Waals surface area contributed by atoms with E-state index >= 15 is 0 Å². The Bertz CT molecular complexity index is 677. The fourth-order valence-electron chi connectivity index (χ4n) is 2.62. The number of para-hydroxylation sites is 1. The number of aliphatic hydroxyl groups excluding tert-OH is 1. The van der Waals surface area contributed by atoms with E-state index in [0.717, 1.165) is 0 Å². The summed E-state index contributed by atoms with van der Waals surface area (Å²) >= 11 is 0. The van der Waals surface area contributed by atoms with Crippen molar-refractivity contribution in [3.63, 3.8) is 0 Å². The number of likely N-dealkylation sites (N-methyl/N-ethyl adjacent to an activating group) is 1. The van der Waals surface area contributed by atoms with Crippen molar-refractivity contribution in [2.45, 2.75) is 25.9 Å². The first kappa shape index (κ1) is 19.7. The third-order valence-electron chi connectivity index (χ3n) is 4.23. The van der Waals surface area contributed by atoms with Crippen LogP contribution in [0.5, 0.6) is 5.75 Å². The van der Waals surface area contributed by atoms with E-state index in [1.807, 2.05) is 13.8 Å². The Hall–Kier alpha value is -2.61. The van der Waals surface area contributed by atoms with Gasteiger partial charge in [-0.25, -0.2) is 0 Å². The van der Waals surface area contributed by atoms with Gasteiger partial charge in [-0.05, 0) is 18.1 Å². The Kier molecular flexibility index (Phi) is 6.57. The molecule has 2 rings (SSSR count). The van der Waals surface area contributed by atoms with Crippen LogP contribution in [-0.4, -0.2) is 66.6 Å². The first-order valence-electron chi connectivity index (χ1n) is 8.54. The highest BCUT2D eigenvalue weighted by atomic mass is 16.5. The van der Waals surface area contributed by atoms with Crippen LogP contribution in [0.4, 0.5) is 0 Å². The van der Waals surface area contributed by atoms with Crippen LogP contribution in [0.25, 0.3) is 0 Å². The van der Waals surface area contributed by atoms with Gasteiger partial charge in [0.1, 0.15) is 24.4 Å². The summed E-state index contributed by atoms with van der Waals surface area (Å²) in [6.45, 7) is 3.54. The lowest BCUT2D eigenvalue weighted by Crippen LogP contribution is -2.56. The predicted octanol–water partition coefficient (Wildman–Crippen LogP) is -0.231. The average molecular weight is 363 g/mol. The molecule has 3 amide bonds. The Morgan fingerprint density at radius 3 is 2.58 bits per heavy atom. The molecule has 1 aliphatic heterocycles. The highest BCUT2D eigenvalue weighted by Crippen LogP contribution is 2.18. The van der Waals surface area contributed by atoms with Crippen molar-refractivity contribution in [2.24, 2.45) is 5.92 Å². The van der Waals surface area contributed by atoms with Crippen LogP contribution in [0.15, 0.2) is 24.3 Å². The number of hydrogen-bond acceptors (Lipinski definition) is 5. The molecule has 2 atom stereocenters. The number of fused-ring (bicyclic) bond motifs is 1. The molecule has 8 heteroatoms. The Labute approximate surface area is 152 Å². The third-order valence-corrected chi connectivity index (χ3v) is 4.23. The molecule has 1 aromatic rings. The number of amides is 3. The van der Waals surface area contributed by atoms with Gasteiger partial charge in [0.2, 0.25) is 11.8 Å². The molecular formula is C18H25N3O5. The third kappa shape index (κ3) is 4.51. The maximum Gasteiger partial charge on any atom is 0.255 e. The minimum atomic E-state index is -1.17. The van der Waals surface area contributed by atoms with Gasteiger partial charge in [0.15, 0.2) is 0 Å². The number of carbonyl (C=O) groups excluding carboxylic acids is 3. The highest BCUT2D eigenvalue weighted by Gasteiger charge is 2.31. The molecule has 0 saturated carbocycles. The largest absolute Gasteiger partial charge is 0.491 e. The summed E-state index contributed by atoms with van der Waals surface area (Å²) < 4.78 is 5.66. The summed E-state index contributed by atoms with van der Waals surface area (Å²) in [5.74, 6) is -1.21. The SMILES string of the molecule is CC(C)[C@H]1NC(=O)[C@H](CO)NC(=O)c2ccccc2OCCN(C)C1=O. The van der Waals surface area contributed by atoms with Gasteiger partial charge < -0.3 is 25.4 Å². The van der Waals surface area contributed by atoms with Gasteiger partial charge in [-0.15, -0.1) is 0 Å². The molecule has 0 spiro atoms. The molecule has 0 radical (unpaired) electrons. The lowest BCUT2D eigenvalue weighted by molar-refractivity contribution is -0.137. The van der Waals surface area contributed by atoms with Crippen LogP contribution < -0.4 is 15.4 Å². The van der Waals surface area contributed by atoms with E-state index in [9.17, 15) is 19.5 Å². The Morgan fingerprint density at radius 1 is 1.23 bits per heavy atom. The maximum absolute atomic E-state index is 12.6. The molecule has 0 saturated heterocycles. The monoisotopic (exact) mass is 363 g/mol. The van der Waals surface area contributed by atoms with Gasteiger partial charge in [-0.1, -0.05) is 26.0 Å². The molecule has 0 fully saturated rings. The van der Waals surface area contributed by atoms with E-state index < -0.39 is 30.5 Å². The molecule has 3 N–H and O–H groups in total. The molecule has 0 aromatic heterocycles. The maximum atomic E-state index is 12.6. The molecule has 0 unspecified atom stereocenters. The number of nitrogens with zero attached hydrogens (tertiary/aromatic N) is 1. The van der Waals surface area contributed by atoms with Crippen molar-refractivity contribution in [2.75, 3.05) is 26.8 Å². The first-order chi connectivity index (χ1) is 12.3. The van der Waals surface area contributed by atoms with Crippen molar-refractivity contribution < 1.29 is 24.2 Å². The normalized spacial score (nSPS) is 22.3. The quantitative estimate of drug-likeness (QED) is 0.673. The van der Waals surface area contributed by atoms with Crippen LogP contribution in [0, 0.1) is 5.92 Å². The fourth-order valence-corrected chi connectivity index (χ4v) is 2.62. The van der Waals surface area contributed by atoms with Crippen molar-refractivity contribution in [1.82, 2.24) is 15.5 Å². The number of aliphatic hydroxyl groups is 1. The average Bonchev–Trinajstić information content (AvgIpc) is 2.62. The van der Waals surface area contributed by atoms with Gasteiger partial charge in [0, 0.05) is 7.05 Å². The number of nitrogens with one attached hydrogen (secondary N) is 2. The topological polar surface area (TPSA) is 108 Å². The molecule has 0 bridgehead atoms. The molecule has 8 nitrogen and oxygen atoms in total. The fraction of sp³-hybridized carbons (Fsp3) is 0.500. The number of rotatable bonds is 2. The second-order valence-corrected chi connectivity index (χ2v) is 6.54. The summed E-state index contributed by atoms with van der Waals surface area (Å²) in [4.78, 5) is 39.1. The van der Waals surface area contributed by atoms with Crippen LogP contribution in [0.3, 0.4) is 0 Å². The van der Waals surface area contributed by atoms with E-state index in [4.69, 9.17) is 4.74 Å². The summed E-state index contributed by atoms with van der Waals surface area (Å²) in [5, 5.41) is 14.7. The predicted molar refractivity (Wildman–Crippen MR) is 94.7 cm³/mol. The second-order valence-electron chi connectivity index (χ2n) is 6.54. The number of ether oxygens (including phenoxy) is 1. The lowest BCUT2D eigenvalue weighted by atomic mass is 10.0. The Balaban J connectivity index is 2.36. The molecule has 142 valence electrons. The minimum absolute atomic E-state index is 0.160. The smallest absolute Gasteiger partial charge is 0.255 e. The second kappa shape index (κ2) is 8.66. The zero-order chi connectivity index (χ0) is 19.3.